The van der Waals surface area contributed by atoms with E-state index in [1.807, 2.05) is 18.6 Å². The predicted octanol–water partition coefficient (Wildman–Crippen LogP) is 2.50. The highest BCUT2D eigenvalue weighted by atomic mass is 32.1. The molecular weight excluding hydrogens is 188 g/mol. The van der Waals surface area contributed by atoms with E-state index in [4.69, 9.17) is 0 Å². The van der Waals surface area contributed by atoms with Crippen molar-refractivity contribution in [3.05, 3.63) is 32.7 Å². The van der Waals surface area contributed by atoms with Crippen LogP contribution in [0.2, 0.25) is 0 Å². The van der Waals surface area contributed by atoms with Crippen molar-refractivity contribution in [2.75, 3.05) is 0 Å². The number of hydrogen-bond donors (Lipinski definition) is 0. The van der Waals surface area contributed by atoms with Gasteiger partial charge in [-0.2, -0.15) is 0 Å². The molecule has 0 saturated carbocycles. The molecule has 0 aromatic carbocycles. The Balaban J connectivity index is 2.14. The minimum Gasteiger partial charge on any atom is -0.250 e. The molecular formula is C8H8N2S2. The summed E-state index contributed by atoms with van der Waals surface area (Å²) in [5.74, 6) is 0. The normalized spacial score (nSPS) is 10.4. The van der Waals surface area contributed by atoms with Gasteiger partial charge in [-0.05, 0) is 6.92 Å². The average Bonchev–Trinajstić information content (AvgIpc) is 2.63. The van der Waals surface area contributed by atoms with Crippen LogP contribution in [0.15, 0.2) is 17.1 Å². The molecule has 2 nitrogen and oxygen atoms in total. The lowest BCUT2D eigenvalue weighted by Gasteiger charge is -1.88. The molecule has 2 heterocycles. The first-order valence-electron chi connectivity index (χ1n) is 3.63. The van der Waals surface area contributed by atoms with Gasteiger partial charge in [-0.1, -0.05) is 0 Å². The van der Waals surface area contributed by atoms with Gasteiger partial charge in [0.2, 0.25) is 0 Å². The van der Waals surface area contributed by atoms with Crippen LogP contribution in [0.25, 0.3) is 0 Å². The lowest BCUT2D eigenvalue weighted by molar-refractivity contribution is 1.12. The van der Waals surface area contributed by atoms with Gasteiger partial charge in [-0.15, -0.1) is 22.7 Å². The molecule has 4 heteroatoms. The van der Waals surface area contributed by atoms with Crippen molar-refractivity contribution in [1.29, 1.82) is 0 Å². The summed E-state index contributed by atoms with van der Waals surface area (Å²) in [6.07, 6.45) is 2.86. The molecule has 2 aromatic heterocycles. The van der Waals surface area contributed by atoms with Crippen LogP contribution in [0.5, 0.6) is 0 Å². The maximum absolute atomic E-state index is 4.22. The number of rotatable bonds is 2. The van der Waals surface area contributed by atoms with Crippen molar-refractivity contribution >= 4 is 22.7 Å². The molecule has 62 valence electrons. The highest BCUT2D eigenvalue weighted by Gasteiger charge is 2.00. The fourth-order valence-corrected chi connectivity index (χ4v) is 2.36. The van der Waals surface area contributed by atoms with Crippen molar-refractivity contribution in [3.63, 3.8) is 0 Å². The summed E-state index contributed by atoms with van der Waals surface area (Å²) in [5, 5.41) is 3.20. The van der Waals surface area contributed by atoms with E-state index in [1.54, 1.807) is 22.7 Å². The third-order valence-corrected chi connectivity index (χ3v) is 3.06. The van der Waals surface area contributed by atoms with Crippen LogP contribution >= 0.6 is 22.7 Å². The van der Waals surface area contributed by atoms with E-state index in [2.05, 4.69) is 15.3 Å². The van der Waals surface area contributed by atoms with E-state index >= 15 is 0 Å². The monoisotopic (exact) mass is 196 g/mol. The number of aromatic nitrogens is 2. The average molecular weight is 196 g/mol. The van der Waals surface area contributed by atoms with Gasteiger partial charge in [0.15, 0.2) is 0 Å². The highest BCUT2D eigenvalue weighted by Crippen LogP contribution is 2.16. The lowest BCUT2D eigenvalue weighted by Crippen LogP contribution is -1.82. The van der Waals surface area contributed by atoms with Crippen LogP contribution in [0.4, 0.5) is 0 Å². The summed E-state index contributed by atoms with van der Waals surface area (Å²) < 4.78 is 0. The molecule has 12 heavy (non-hydrogen) atoms. The number of thiazole rings is 2. The lowest BCUT2D eigenvalue weighted by atomic mass is 10.3. The Morgan fingerprint density at radius 2 is 2.33 bits per heavy atom. The minimum absolute atomic E-state index is 0.926. The summed E-state index contributed by atoms with van der Waals surface area (Å²) in [7, 11) is 0. The molecule has 0 aliphatic rings. The molecule has 0 fully saturated rings. The molecule has 0 aliphatic carbocycles. The second-order valence-corrected chi connectivity index (χ2v) is 4.54. The fourth-order valence-electron chi connectivity index (χ4n) is 0.990. The number of nitrogens with zero attached hydrogens (tertiary/aromatic N) is 2. The molecule has 0 aliphatic heterocycles. The zero-order valence-electron chi connectivity index (χ0n) is 6.65. The van der Waals surface area contributed by atoms with Crippen molar-refractivity contribution < 1.29 is 0 Å². The van der Waals surface area contributed by atoms with Gasteiger partial charge < -0.3 is 0 Å². The van der Waals surface area contributed by atoms with Gasteiger partial charge in [0.25, 0.3) is 0 Å². The van der Waals surface area contributed by atoms with Crippen LogP contribution < -0.4 is 0 Å². The maximum Gasteiger partial charge on any atom is 0.0896 e. The van der Waals surface area contributed by atoms with Crippen molar-refractivity contribution in [2.45, 2.75) is 13.3 Å². The molecule has 0 radical (unpaired) electrons. The Morgan fingerprint density at radius 3 is 2.92 bits per heavy atom. The van der Waals surface area contributed by atoms with Crippen molar-refractivity contribution in [3.8, 4) is 0 Å². The molecule has 0 atom stereocenters. The van der Waals surface area contributed by atoms with Crippen LogP contribution in [0, 0.1) is 6.92 Å². The Bertz CT molecular complexity index is 351. The highest BCUT2D eigenvalue weighted by molar-refractivity contribution is 7.11. The van der Waals surface area contributed by atoms with Crippen molar-refractivity contribution in [1.82, 2.24) is 9.97 Å². The zero-order chi connectivity index (χ0) is 8.39. The number of aryl methyl sites for hydroxylation is 1. The van der Waals surface area contributed by atoms with Crippen molar-refractivity contribution in [2.24, 2.45) is 0 Å². The first-order valence-corrected chi connectivity index (χ1v) is 5.39. The topological polar surface area (TPSA) is 25.8 Å². The van der Waals surface area contributed by atoms with Crippen LogP contribution in [-0.2, 0) is 6.42 Å². The number of hydrogen-bond acceptors (Lipinski definition) is 4. The van der Waals surface area contributed by atoms with Gasteiger partial charge in [-0.25, -0.2) is 9.97 Å². The first kappa shape index (κ1) is 7.89. The van der Waals surface area contributed by atoms with E-state index in [0.29, 0.717) is 0 Å². The zero-order valence-corrected chi connectivity index (χ0v) is 8.28. The van der Waals surface area contributed by atoms with E-state index in [9.17, 15) is 0 Å². The van der Waals surface area contributed by atoms with Crippen LogP contribution in [0.1, 0.15) is 15.6 Å². The summed E-state index contributed by atoms with van der Waals surface area (Å²) in [5.41, 5.74) is 3.01. The van der Waals surface area contributed by atoms with E-state index in [-0.39, 0.29) is 0 Å². The first-order chi connectivity index (χ1) is 5.84. The molecule has 0 saturated heterocycles. The van der Waals surface area contributed by atoms with Crippen LogP contribution in [-0.4, -0.2) is 9.97 Å². The second-order valence-electron chi connectivity index (χ2n) is 2.50. The maximum atomic E-state index is 4.22. The Kier molecular flexibility index (Phi) is 2.19. The molecule has 0 N–H and O–H groups in total. The quantitative estimate of drug-likeness (QED) is 0.737. The Hall–Kier alpha value is -0.740. The Labute approximate surface area is 78.9 Å². The minimum atomic E-state index is 0.926. The van der Waals surface area contributed by atoms with Crippen LogP contribution in [0.3, 0.4) is 0 Å². The summed E-state index contributed by atoms with van der Waals surface area (Å²) in [6, 6.07) is 0. The predicted molar refractivity (Wildman–Crippen MR) is 51.8 cm³/mol. The fraction of sp³-hybridized carbons (Fsp3) is 0.250. The van der Waals surface area contributed by atoms with Gasteiger partial charge >= 0.3 is 0 Å². The molecule has 0 unspecified atom stereocenters. The van der Waals surface area contributed by atoms with Gasteiger partial charge in [0, 0.05) is 22.9 Å². The smallest absolute Gasteiger partial charge is 0.0896 e. The summed E-state index contributed by atoms with van der Waals surface area (Å²) >= 11 is 3.38. The van der Waals surface area contributed by atoms with Gasteiger partial charge in [0.05, 0.1) is 16.2 Å². The third kappa shape index (κ3) is 1.70. The molecule has 0 amide bonds. The molecule has 2 rings (SSSR count). The molecule has 2 aromatic rings. The standard InChI is InChI=1S/C8H8N2S2/c1-6-9-3-8(12-6)2-7-4-11-5-10-7/h3-5H,2H2,1H3. The summed E-state index contributed by atoms with van der Waals surface area (Å²) in [4.78, 5) is 9.70. The summed E-state index contributed by atoms with van der Waals surface area (Å²) in [6.45, 7) is 2.02. The van der Waals surface area contributed by atoms with E-state index in [1.165, 1.54) is 4.88 Å². The molecule has 0 spiro atoms. The molecule has 0 bridgehead atoms. The SMILES string of the molecule is Cc1ncc(Cc2cscn2)s1. The van der Waals surface area contributed by atoms with E-state index < -0.39 is 0 Å². The second kappa shape index (κ2) is 3.33. The van der Waals surface area contributed by atoms with Gasteiger partial charge in [0.1, 0.15) is 0 Å². The third-order valence-electron chi connectivity index (χ3n) is 1.51. The Morgan fingerprint density at radius 1 is 1.42 bits per heavy atom. The largest absolute Gasteiger partial charge is 0.250 e. The van der Waals surface area contributed by atoms with Gasteiger partial charge in [-0.3, -0.25) is 0 Å². The van der Waals surface area contributed by atoms with E-state index in [0.717, 1.165) is 17.1 Å².